The summed E-state index contributed by atoms with van der Waals surface area (Å²) in [5, 5.41) is 19.4. The lowest BCUT2D eigenvalue weighted by molar-refractivity contribution is 0.310. The summed E-state index contributed by atoms with van der Waals surface area (Å²) in [7, 11) is 3.91. The molecule has 3 aromatic rings. The van der Waals surface area contributed by atoms with Gasteiger partial charge in [-0.25, -0.2) is 0 Å². The molecule has 1 aromatic carbocycles. The molecule has 0 amide bonds. The number of benzene rings is 1. The van der Waals surface area contributed by atoms with Gasteiger partial charge in [0.25, 0.3) is 5.56 Å². The van der Waals surface area contributed by atoms with E-state index in [1.807, 2.05) is 30.3 Å². The summed E-state index contributed by atoms with van der Waals surface area (Å²) in [6.07, 6.45) is 2.97. The van der Waals surface area contributed by atoms with Gasteiger partial charge in [0, 0.05) is 44.0 Å². The molecule has 1 N–H and O–H groups in total. The Morgan fingerprint density at radius 1 is 1.00 bits per heavy atom. The van der Waals surface area contributed by atoms with E-state index in [-0.39, 0.29) is 11.3 Å². The molecule has 7 heteroatoms. The number of rotatable bonds is 3. The molecule has 1 unspecified atom stereocenters. The quantitative estimate of drug-likeness (QED) is 0.724. The molecule has 2 aromatic heterocycles. The molecular weight excluding hydrogens is 378 g/mol. The predicted molar refractivity (Wildman–Crippen MR) is 117 cm³/mol. The van der Waals surface area contributed by atoms with Crippen LogP contribution in [0.15, 0.2) is 53.5 Å². The maximum Gasteiger partial charge on any atom is 0.250 e. The van der Waals surface area contributed by atoms with Crippen molar-refractivity contribution < 1.29 is 5.11 Å². The number of likely N-dealkylation sites (tertiary alicyclic amines) is 1. The van der Waals surface area contributed by atoms with Crippen LogP contribution in [0.25, 0.3) is 22.4 Å². The van der Waals surface area contributed by atoms with Crippen molar-refractivity contribution in [3.8, 4) is 28.1 Å². The largest absolute Gasteiger partial charge is 0.507 e. The third kappa shape index (κ3) is 3.25. The van der Waals surface area contributed by atoms with Gasteiger partial charge in [-0.05, 0) is 67.4 Å². The first-order valence-corrected chi connectivity index (χ1v) is 10.3. The van der Waals surface area contributed by atoms with Crippen LogP contribution < -0.4 is 10.5 Å². The molecule has 2 saturated heterocycles. The number of pyridine rings is 1. The SMILES string of the molecule is CN1CC[C@@H]2CN(c3ccc(-c4ccc(-c5ccn(C)c(=O)c5)cc4O)nn3)CC21. The average Bonchev–Trinajstić information content (AvgIpc) is 3.32. The van der Waals surface area contributed by atoms with Crippen molar-refractivity contribution in [3.05, 3.63) is 59.0 Å². The summed E-state index contributed by atoms with van der Waals surface area (Å²) >= 11 is 0. The highest BCUT2D eigenvalue weighted by Crippen LogP contribution is 2.34. The maximum atomic E-state index is 11.9. The first kappa shape index (κ1) is 18.8. The van der Waals surface area contributed by atoms with Crippen LogP contribution in [0.3, 0.4) is 0 Å². The van der Waals surface area contributed by atoms with Crippen LogP contribution in [0.2, 0.25) is 0 Å². The minimum absolute atomic E-state index is 0.0882. The van der Waals surface area contributed by atoms with Crippen LogP contribution in [-0.2, 0) is 7.05 Å². The second-order valence-corrected chi connectivity index (χ2v) is 8.37. The van der Waals surface area contributed by atoms with Crippen LogP contribution in [0.4, 0.5) is 5.82 Å². The van der Waals surface area contributed by atoms with Crippen molar-refractivity contribution in [1.82, 2.24) is 19.7 Å². The van der Waals surface area contributed by atoms with Crippen molar-refractivity contribution in [1.29, 1.82) is 0 Å². The first-order chi connectivity index (χ1) is 14.5. The number of nitrogens with zero attached hydrogens (tertiary/aromatic N) is 5. The molecule has 0 radical (unpaired) electrons. The summed E-state index contributed by atoms with van der Waals surface area (Å²) in [6, 6.07) is 13.3. The van der Waals surface area contributed by atoms with Gasteiger partial charge >= 0.3 is 0 Å². The number of hydrogen-bond acceptors (Lipinski definition) is 6. The van der Waals surface area contributed by atoms with E-state index in [1.165, 1.54) is 17.5 Å². The Kier molecular flexibility index (Phi) is 4.55. The molecule has 154 valence electrons. The number of likely N-dealkylation sites (N-methyl/N-ethyl adjacent to an activating group) is 1. The van der Waals surface area contributed by atoms with Crippen molar-refractivity contribution in [2.75, 3.05) is 31.6 Å². The van der Waals surface area contributed by atoms with Crippen molar-refractivity contribution >= 4 is 5.82 Å². The fraction of sp³-hybridized carbons (Fsp3) is 0.348. The zero-order valence-corrected chi connectivity index (χ0v) is 17.2. The number of aryl methyl sites for hydroxylation is 1. The molecule has 2 fully saturated rings. The molecule has 0 saturated carbocycles. The highest BCUT2D eigenvalue weighted by molar-refractivity contribution is 5.74. The van der Waals surface area contributed by atoms with E-state index >= 15 is 0 Å². The average molecular weight is 403 g/mol. The molecule has 2 aliphatic heterocycles. The number of anilines is 1. The molecule has 0 bridgehead atoms. The molecule has 0 aliphatic carbocycles. The lowest BCUT2D eigenvalue weighted by atomic mass is 10.0. The first-order valence-electron chi connectivity index (χ1n) is 10.3. The summed E-state index contributed by atoms with van der Waals surface area (Å²) in [4.78, 5) is 16.6. The highest BCUT2D eigenvalue weighted by Gasteiger charge is 2.40. The molecular formula is C23H25N5O2. The summed E-state index contributed by atoms with van der Waals surface area (Å²) in [5.74, 6) is 1.72. The second kappa shape index (κ2) is 7.25. The van der Waals surface area contributed by atoms with E-state index in [4.69, 9.17) is 0 Å². The van der Waals surface area contributed by atoms with E-state index in [0.29, 0.717) is 23.2 Å². The Hall–Kier alpha value is -3.19. The summed E-state index contributed by atoms with van der Waals surface area (Å²) in [6.45, 7) is 3.20. The molecule has 2 atom stereocenters. The molecule has 7 nitrogen and oxygen atoms in total. The van der Waals surface area contributed by atoms with Gasteiger partial charge in [-0.2, -0.15) is 0 Å². The van der Waals surface area contributed by atoms with Crippen LogP contribution in [0.1, 0.15) is 6.42 Å². The van der Waals surface area contributed by atoms with Crippen molar-refractivity contribution in [3.63, 3.8) is 0 Å². The van der Waals surface area contributed by atoms with Crippen molar-refractivity contribution in [2.45, 2.75) is 12.5 Å². The van der Waals surface area contributed by atoms with Gasteiger partial charge in [0.15, 0.2) is 5.82 Å². The van der Waals surface area contributed by atoms with E-state index in [9.17, 15) is 9.90 Å². The monoisotopic (exact) mass is 403 g/mol. The van der Waals surface area contributed by atoms with Gasteiger partial charge in [-0.3, -0.25) is 4.79 Å². The van der Waals surface area contributed by atoms with Gasteiger partial charge < -0.3 is 19.5 Å². The number of aromatic hydroxyl groups is 1. The Morgan fingerprint density at radius 2 is 1.83 bits per heavy atom. The summed E-state index contributed by atoms with van der Waals surface area (Å²) in [5.41, 5.74) is 2.72. The van der Waals surface area contributed by atoms with Gasteiger partial charge in [0.05, 0.1) is 5.69 Å². The second-order valence-electron chi connectivity index (χ2n) is 8.37. The van der Waals surface area contributed by atoms with Gasteiger partial charge in [-0.1, -0.05) is 6.07 Å². The van der Waals surface area contributed by atoms with Gasteiger partial charge in [0.2, 0.25) is 0 Å². The topological polar surface area (TPSA) is 74.5 Å². The van der Waals surface area contributed by atoms with E-state index in [2.05, 4.69) is 27.0 Å². The van der Waals surface area contributed by atoms with Gasteiger partial charge in [-0.15, -0.1) is 10.2 Å². The lowest BCUT2D eigenvalue weighted by Gasteiger charge is -2.21. The standard InChI is InChI=1S/C23H25N5O2/c1-26-9-8-17-13-28(14-20(17)26)22-6-5-19(24-25-22)18-4-3-15(11-21(18)29)16-7-10-27(2)23(30)12-16/h3-7,10-12,17,20,29H,8-9,13-14H2,1-2H3/t17-,20?/m1/s1. The number of aromatic nitrogens is 3. The Bertz CT molecular complexity index is 1140. The third-order valence-corrected chi connectivity index (χ3v) is 6.51. The Morgan fingerprint density at radius 3 is 2.53 bits per heavy atom. The van der Waals surface area contributed by atoms with Crippen LogP contribution in [0.5, 0.6) is 5.75 Å². The number of fused-ring (bicyclic) bond motifs is 1. The van der Waals surface area contributed by atoms with E-state index in [0.717, 1.165) is 30.0 Å². The Balaban J connectivity index is 1.37. The Labute approximate surface area is 175 Å². The number of phenolic OH excluding ortho intramolecular Hbond substituents is 1. The number of phenols is 1. The molecule has 2 aliphatic rings. The van der Waals surface area contributed by atoms with Gasteiger partial charge in [0.1, 0.15) is 5.75 Å². The predicted octanol–water partition coefficient (Wildman–Crippen LogP) is 2.36. The maximum absolute atomic E-state index is 11.9. The zero-order chi connectivity index (χ0) is 20.8. The summed E-state index contributed by atoms with van der Waals surface area (Å²) < 4.78 is 1.51. The smallest absolute Gasteiger partial charge is 0.250 e. The molecule has 5 rings (SSSR count). The van der Waals surface area contributed by atoms with Crippen molar-refractivity contribution in [2.24, 2.45) is 13.0 Å². The van der Waals surface area contributed by atoms with Crippen LogP contribution in [-0.4, -0.2) is 57.5 Å². The van der Waals surface area contributed by atoms with E-state index < -0.39 is 0 Å². The van der Waals surface area contributed by atoms with E-state index in [1.54, 1.807) is 25.4 Å². The molecule has 0 spiro atoms. The minimum atomic E-state index is -0.0882. The number of hydrogen-bond donors (Lipinski definition) is 1. The zero-order valence-electron chi connectivity index (χ0n) is 17.2. The fourth-order valence-corrected chi connectivity index (χ4v) is 4.65. The third-order valence-electron chi connectivity index (χ3n) is 6.51. The normalized spacial score (nSPS) is 21.2. The van der Waals surface area contributed by atoms with Crippen LogP contribution >= 0.6 is 0 Å². The highest BCUT2D eigenvalue weighted by atomic mass is 16.3. The molecule has 4 heterocycles. The lowest BCUT2D eigenvalue weighted by Crippen LogP contribution is -2.32. The fourth-order valence-electron chi connectivity index (χ4n) is 4.65. The van der Waals surface area contributed by atoms with Crippen LogP contribution in [0, 0.1) is 5.92 Å². The molecule has 30 heavy (non-hydrogen) atoms. The minimum Gasteiger partial charge on any atom is -0.507 e.